The molecule has 172 valence electrons. The fourth-order valence-electron chi connectivity index (χ4n) is 3.84. The van der Waals surface area contributed by atoms with Crippen molar-refractivity contribution < 1.29 is 9.84 Å². The molecular formula is C26H28ClN3O3. The van der Waals surface area contributed by atoms with Gasteiger partial charge in [-0.25, -0.2) is 0 Å². The quantitative estimate of drug-likeness (QED) is 0.539. The number of likely N-dealkylation sites (N-methyl/N-ethyl adjacent to an activating group) is 1. The molecule has 4 rings (SSSR count). The molecule has 0 radical (unpaired) electrons. The molecule has 1 aliphatic carbocycles. The van der Waals surface area contributed by atoms with Crippen LogP contribution in [0.3, 0.4) is 0 Å². The first-order valence-electron chi connectivity index (χ1n) is 11.0. The van der Waals surface area contributed by atoms with Crippen molar-refractivity contribution in [3.63, 3.8) is 0 Å². The van der Waals surface area contributed by atoms with Gasteiger partial charge in [0.25, 0.3) is 5.56 Å². The molecule has 1 aliphatic rings. The van der Waals surface area contributed by atoms with Gasteiger partial charge in [-0.15, -0.1) is 0 Å². The highest BCUT2D eigenvalue weighted by Crippen LogP contribution is 2.27. The maximum absolute atomic E-state index is 12.8. The summed E-state index contributed by atoms with van der Waals surface area (Å²) in [6.45, 7) is 3.21. The number of hydrogen-bond acceptors (Lipinski definition) is 5. The minimum absolute atomic E-state index is 0.119. The van der Waals surface area contributed by atoms with Crippen molar-refractivity contribution in [1.29, 1.82) is 0 Å². The molecule has 33 heavy (non-hydrogen) atoms. The van der Waals surface area contributed by atoms with E-state index in [0.29, 0.717) is 10.8 Å². The van der Waals surface area contributed by atoms with Gasteiger partial charge in [-0.3, -0.25) is 19.2 Å². The first-order chi connectivity index (χ1) is 15.9. The average molecular weight is 466 g/mol. The third-order valence-electron chi connectivity index (χ3n) is 6.00. The number of aromatic nitrogens is 2. The van der Waals surface area contributed by atoms with E-state index in [2.05, 4.69) is 34.2 Å². The van der Waals surface area contributed by atoms with Crippen LogP contribution in [0.1, 0.15) is 35.7 Å². The molecule has 1 aromatic carbocycles. The van der Waals surface area contributed by atoms with Crippen LogP contribution in [-0.2, 0) is 19.6 Å². The van der Waals surface area contributed by atoms with Crippen LogP contribution in [0.4, 0.5) is 0 Å². The molecule has 7 heteroatoms. The Morgan fingerprint density at radius 1 is 1.21 bits per heavy atom. The highest BCUT2D eigenvalue weighted by Gasteiger charge is 2.15. The molecule has 1 atom stereocenters. The van der Waals surface area contributed by atoms with Gasteiger partial charge in [-0.1, -0.05) is 29.8 Å². The summed E-state index contributed by atoms with van der Waals surface area (Å²) in [5.41, 5.74) is 5.23. The van der Waals surface area contributed by atoms with Crippen molar-refractivity contribution in [3.8, 4) is 5.75 Å². The van der Waals surface area contributed by atoms with Gasteiger partial charge in [0.15, 0.2) is 0 Å². The Balaban J connectivity index is 1.46. The van der Waals surface area contributed by atoms with Crippen molar-refractivity contribution in [2.24, 2.45) is 0 Å². The number of ether oxygens (including phenoxy) is 1. The molecule has 2 heterocycles. The Bertz CT molecular complexity index is 1200. The van der Waals surface area contributed by atoms with E-state index in [1.54, 1.807) is 35.2 Å². The molecule has 0 aliphatic heterocycles. The van der Waals surface area contributed by atoms with E-state index in [0.717, 1.165) is 36.3 Å². The molecule has 2 aromatic heterocycles. The number of rotatable bonds is 8. The van der Waals surface area contributed by atoms with Crippen LogP contribution in [0.15, 0.2) is 59.7 Å². The number of benzene rings is 1. The second kappa shape index (κ2) is 10.3. The topological polar surface area (TPSA) is 67.6 Å². The Kier molecular flexibility index (Phi) is 7.28. The molecule has 0 saturated carbocycles. The highest BCUT2D eigenvalue weighted by molar-refractivity contribution is 6.30. The molecule has 3 aromatic rings. The van der Waals surface area contributed by atoms with Gasteiger partial charge in [0.2, 0.25) is 0 Å². The van der Waals surface area contributed by atoms with Crippen molar-refractivity contribution in [2.45, 2.75) is 39.0 Å². The van der Waals surface area contributed by atoms with Crippen LogP contribution in [-0.4, -0.2) is 39.3 Å². The van der Waals surface area contributed by atoms with E-state index in [1.807, 2.05) is 14.0 Å². The first kappa shape index (κ1) is 23.2. The first-order valence-corrected chi connectivity index (χ1v) is 11.4. The molecule has 0 saturated heterocycles. The number of hydrogen-bond donors (Lipinski definition) is 1. The van der Waals surface area contributed by atoms with Gasteiger partial charge in [0, 0.05) is 36.7 Å². The second-order valence-electron chi connectivity index (χ2n) is 8.44. The van der Waals surface area contributed by atoms with Gasteiger partial charge < -0.3 is 9.84 Å². The zero-order valence-electron chi connectivity index (χ0n) is 18.9. The molecule has 0 bridgehead atoms. The smallest absolute Gasteiger partial charge is 0.258 e. The lowest BCUT2D eigenvalue weighted by molar-refractivity contribution is 0.154. The summed E-state index contributed by atoms with van der Waals surface area (Å²) in [6.07, 6.45) is 7.09. The number of aryl methyl sites for hydroxylation is 1. The highest BCUT2D eigenvalue weighted by atomic mass is 35.5. The van der Waals surface area contributed by atoms with E-state index >= 15 is 0 Å². The van der Waals surface area contributed by atoms with Crippen molar-refractivity contribution in [1.82, 2.24) is 14.5 Å². The lowest BCUT2D eigenvalue weighted by atomic mass is 9.93. The van der Waals surface area contributed by atoms with Gasteiger partial charge in [-0.05, 0) is 67.8 Å². The van der Waals surface area contributed by atoms with Gasteiger partial charge in [-0.2, -0.15) is 0 Å². The number of halogens is 1. The molecule has 0 fully saturated rings. The molecule has 0 amide bonds. The van der Waals surface area contributed by atoms with Crippen LogP contribution in [0.2, 0.25) is 5.02 Å². The Labute approximate surface area is 198 Å². The third kappa shape index (κ3) is 5.71. The normalized spacial score (nSPS) is 14.0. The van der Waals surface area contributed by atoms with E-state index in [4.69, 9.17) is 16.3 Å². The zero-order chi connectivity index (χ0) is 23.4. The molecule has 6 nitrogen and oxygen atoms in total. The minimum Gasteiger partial charge on any atom is -0.487 e. The van der Waals surface area contributed by atoms with E-state index in [9.17, 15) is 9.90 Å². The van der Waals surface area contributed by atoms with Crippen molar-refractivity contribution in [3.05, 3.63) is 92.6 Å². The standard InChI is InChI=1S/C26H28ClN3O3/c1-18(16-31)29(2)15-19-3-4-21-12-24(8-5-20(21)11-19)30-10-9-25(13-26(30)32)33-17-23-7-6-22(27)14-28-23/h3-4,6-7,9-14,18,31H,5,8,15-17H2,1-2H3/t18-/m0/s1. The molecule has 0 spiro atoms. The lowest BCUT2D eigenvalue weighted by Gasteiger charge is -2.24. The fourth-order valence-corrected chi connectivity index (χ4v) is 3.95. The van der Waals surface area contributed by atoms with E-state index in [-0.39, 0.29) is 24.8 Å². The Hall–Kier alpha value is -2.93. The summed E-state index contributed by atoms with van der Waals surface area (Å²) in [5.74, 6) is 0.510. The van der Waals surface area contributed by atoms with Gasteiger partial charge in [0.1, 0.15) is 12.4 Å². The Morgan fingerprint density at radius 3 is 2.79 bits per heavy atom. The number of fused-ring (bicyclic) bond motifs is 1. The zero-order valence-corrected chi connectivity index (χ0v) is 19.6. The van der Waals surface area contributed by atoms with Gasteiger partial charge >= 0.3 is 0 Å². The molecular weight excluding hydrogens is 438 g/mol. The Morgan fingerprint density at radius 2 is 2.06 bits per heavy atom. The van der Waals surface area contributed by atoms with Crippen molar-refractivity contribution >= 4 is 23.4 Å². The predicted molar refractivity (Wildman–Crippen MR) is 131 cm³/mol. The number of aliphatic hydroxyl groups excluding tert-OH is 1. The maximum Gasteiger partial charge on any atom is 0.258 e. The van der Waals surface area contributed by atoms with Crippen LogP contribution < -0.4 is 10.3 Å². The monoisotopic (exact) mass is 465 g/mol. The van der Waals surface area contributed by atoms with Gasteiger partial charge in [0.05, 0.1) is 17.3 Å². The molecule has 0 unspecified atom stereocenters. The van der Waals surface area contributed by atoms with Crippen LogP contribution in [0.5, 0.6) is 5.75 Å². The summed E-state index contributed by atoms with van der Waals surface area (Å²) in [6, 6.07) is 13.4. The summed E-state index contributed by atoms with van der Waals surface area (Å²) in [4.78, 5) is 19.1. The predicted octanol–water partition coefficient (Wildman–Crippen LogP) is 4.23. The van der Waals surface area contributed by atoms with Crippen molar-refractivity contribution in [2.75, 3.05) is 13.7 Å². The SMILES string of the molecule is C[C@@H](CO)N(C)Cc1ccc2c(c1)CCC(n1ccc(OCc3ccc(Cl)cn3)cc1=O)=C2. The maximum atomic E-state index is 12.8. The summed E-state index contributed by atoms with van der Waals surface area (Å²) < 4.78 is 7.40. The van der Waals surface area contributed by atoms with Crippen LogP contribution in [0, 0.1) is 0 Å². The fraction of sp³-hybridized carbons (Fsp3) is 0.308. The third-order valence-corrected chi connectivity index (χ3v) is 6.23. The number of aliphatic hydroxyl groups is 1. The largest absolute Gasteiger partial charge is 0.487 e. The summed E-state index contributed by atoms with van der Waals surface area (Å²) >= 11 is 5.85. The number of nitrogens with zero attached hydrogens (tertiary/aromatic N) is 3. The van der Waals surface area contributed by atoms with E-state index in [1.165, 1.54) is 17.2 Å². The average Bonchev–Trinajstić information content (AvgIpc) is 2.83. The lowest BCUT2D eigenvalue weighted by Crippen LogP contribution is -2.31. The minimum atomic E-state index is -0.123. The summed E-state index contributed by atoms with van der Waals surface area (Å²) in [5, 5.41) is 9.92. The second-order valence-corrected chi connectivity index (χ2v) is 8.88. The number of allylic oxidation sites excluding steroid dienone is 1. The van der Waals surface area contributed by atoms with Crippen LogP contribution >= 0.6 is 11.6 Å². The summed E-state index contributed by atoms with van der Waals surface area (Å²) in [7, 11) is 2.02. The molecule has 1 N–H and O–H groups in total. The van der Waals surface area contributed by atoms with Crippen LogP contribution in [0.25, 0.3) is 11.8 Å². The van der Waals surface area contributed by atoms with E-state index < -0.39 is 0 Å². The number of pyridine rings is 2.